The van der Waals surface area contributed by atoms with Gasteiger partial charge in [-0.2, -0.15) is 0 Å². The maximum Gasteiger partial charge on any atom is 0.172 e. The lowest BCUT2D eigenvalue weighted by atomic mass is 10.1. The van der Waals surface area contributed by atoms with Gasteiger partial charge in [-0.3, -0.25) is 0 Å². The Balaban J connectivity index is 2.18. The molecule has 1 aliphatic heterocycles. The van der Waals surface area contributed by atoms with E-state index in [1.165, 1.54) is 12.1 Å². The zero-order valence-corrected chi connectivity index (χ0v) is 11.6. The molecule has 1 aromatic carbocycles. The van der Waals surface area contributed by atoms with Crippen LogP contribution in [0, 0.1) is 5.82 Å². The summed E-state index contributed by atoms with van der Waals surface area (Å²) >= 11 is 0. The smallest absolute Gasteiger partial charge is 0.172 e. The predicted octanol–water partition coefficient (Wildman–Crippen LogP) is 1.93. The Morgan fingerprint density at radius 3 is 3.00 bits per heavy atom. The Labute approximate surface area is 117 Å². The van der Waals surface area contributed by atoms with Crippen molar-refractivity contribution in [2.45, 2.75) is 25.4 Å². The number of benzene rings is 1. The molecule has 20 heavy (non-hydrogen) atoms. The van der Waals surface area contributed by atoms with Crippen molar-refractivity contribution in [1.29, 1.82) is 0 Å². The first-order valence-electron chi connectivity index (χ1n) is 6.72. The first kappa shape index (κ1) is 14.6. The lowest BCUT2D eigenvalue weighted by molar-refractivity contribution is 0.0216. The highest BCUT2D eigenvalue weighted by Crippen LogP contribution is 2.23. The van der Waals surface area contributed by atoms with Crippen LogP contribution < -0.4 is 10.6 Å². The first-order chi connectivity index (χ1) is 9.61. The second kappa shape index (κ2) is 6.56. The molecule has 1 atom stereocenters. The molecule has 3 N–H and O–H groups in total. The van der Waals surface area contributed by atoms with Crippen LogP contribution in [0.2, 0.25) is 0 Å². The molecule has 110 valence electrons. The molecule has 2 rings (SSSR count). The van der Waals surface area contributed by atoms with Crippen molar-refractivity contribution in [3.05, 3.63) is 29.6 Å². The van der Waals surface area contributed by atoms with Crippen LogP contribution in [0.25, 0.3) is 0 Å². The zero-order valence-electron chi connectivity index (χ0n) is 11.6. The zero-order chi connectivity index (χ0) is 14.5. The van der Waals surface area contributed by atoms with Crippen LogP contribution in [0.5, 0.6) is 0 Å². The van der Waals surface area contributed by atoms with Crippen molar-refractivity contribution >= 4 is 11.5 Å². The van der Waals surface area contributed by atoms with Gasteiger partial charge in [0.1, 0.15) is 5.82 Å². The maximum absolute atomic E-state index is 13.3. The molecule has 0 saturated carbocycles. The number of nitrogens with two attached hydrogens (primary N) is 1. The molecule has 0 bridgehead atoms. The molecule has 1 heterocycles. The molecule has 0 aromatic heterocycles. The number of rotatable bonds is 4. The van der Waals surface area contributed by atoms with Crippen LogP contribution in [0.1, 0.15) is 24.8 Å². The summed E-state index contributed by atoms with van der Waals surface area (Å²) in [6.45, 7) is 1.48. The molecule has 6 heteroatoms. The molecule has 1 aliphatic rings. The van der Waals surface area contributed by atoms with E-state index in [4.69, 9.17) is 15.7 Å². The number of anilines is 1. The number of likely N-dealkylation sites (N-methyl/N-ethyl adjacent to an activating group) is 1. The number of ether oxygens (including phenoxy) is 1. The van der Waals surface area contributed by atoms with Gasteiger partial charge in [-0.1, -0.05) is 5.16 Å². The van der Waals surface area contributed by atoms with Gasteiger partial charge in [-0.05, 0) is 37.5 Å². The largest absolute Gasteiger partial charge is 0.409 e. The molecule has 0 aliphatic carbocycles. The minimum Gasteiger partial charge on any atom is -0.409 e. The normalized spacial score (nSPS) is 19.9. The maximum atomic E-state index is 13.3. The highest BCUT2D eigenvalue weighted by atomic mass is 19.1. The summed E-state index contributed by atoms with van der Waals surface area (Å²) in [4.78, 5) is 1.95. The van der Waals surface area contributed by atoms with Crippen molar-refractivity contribution in [3.63, 3.8) is 0 Å². The van der Waals surface area contributed by atoms with Crippen molar-refractivity contribution in [2.75, 3.05) is 25.1 Å². The Hall–Kier alpha value is -1.82. The molecule has 5 nitrogen and oxygen atoms in total. The highest BCUT2D eigenvalue weighted by Gasteiger charge is 2.19. The van der Waals surface area contributed by atoms with Gasteiger partial charge in [0.25, 0.3) is 0 Å². The highest BCUT2D eigenvalue weighted by molar-refractivity contribution is 6.02. The van der Waals surface area contributed by atoms with E-state index < -0.39 is 5.82 Å². The van der Waals surface area contributed by atoms with E-state index in [-0.39, 0.29) is 11.9 Å². The summed E-state index contributed by atoms with van der Waals surface area (Å²) in [5, 5.41) is 11.8. The van der Waals surface area contributed by atoms with Gasteiger partial charge in [0.15, 0.2) is 5.84 Å². The molecule has 1 unspecified atom stereocenters. The van der Waals surface area contributed by atoms with Crippen molar-refractivity contribution < 1.29 is 14.3 Å². The van der Waals surface area contributed by atoms with Crippen molar-refractivity contribution in [2.24, 2.45) is 10.9 Å². The summed E-state index contributed by atoms with van der Waals surface area (Å²) in [5.41, 5.74) is 6.71. The summed E-state index contributed by atoms with van der Waals surface area (Å²) < 4.78 is 19.0. The van der Waals surface area contributed by atoms with Gasteiger partial charge < -0.3 is 20.6 Å². The molecule has 1 aromatic rings. The molecular formula is C14H20FN3O2. The summed E-state index contributed by atoms with van der Waals surface area (Å²) in [5.74, 6) is -0.520. The fourth-order valence-electron chi connectivity index (χ4n) is 2.46. The third-order valence-corrected chi connectivity index (χ3v) is 3.51. The molecule has 1 saturated heterocycles. The van der Waals surface area contributed by atoms with Crippen LogP contribution in [0.15, 0.2) is 23.4 Å². The van der Waals surface area contributed by atoms with E-state index in [1.54, 1.807) is 6.07 Å². The third kappa shape index (κ3) is 3.39. The van der Waals surface area contributed by atoms with Gasteiger partial charge in [-0.25, -0.2) is 4.39 Å². The van der Waals surface area contributed by atoms with Crippen LogP contribution >= 0.6 is 0 Å². The lowest BCUT2D eigenvalue weighted by Crippen LogP contribution is -2.34. The molecule has 0 amide bonds. The molecule has 0 radical (unpaired) electrons. The number of oxime groups is 1. The second-order valence-electron chi connectivity index (χ2n) is 5.02. The predicted molar refractivity (Wildman–Crippen MR) is 75.8 cm³/mol. The quantitative estimate of drug-likeness (QED) is 0.383. The number of hydrogen-bond acceptors (Lipinski definition) is 4. The van der Waals surface area contributed by atoms with Crippen LogP contribution in [-0.4, -0.2) is 37.3 Å². The average Bonchev–Trinajstić information content (AvgIpc) is 2.47. The van der Waals surface area contributed by atoms with Gasteiger partial charge in [-0.15, -0.1) is 0 Å². The van der Waals surface area contributed by atoms with Crippen molar-refractivity contribution in [3.8, 4) is 0 Å². The van der Waals surface area contributed by atoms with Gasteiger partial charge in [0.05, 0.1) is 6.10 Å². The minimum atomic E-state index is -0.419. The van der Waals surface area contributed by atoms with Gasteiger partial charge in [0, 0.05) is 31.5 Å². The number of halogens is 1. The van der Waals surface area contributed by atoms with Crippen LogP contribution in [0.4, 0.5) is 10.1 Å². The molecule has 0 spiro atoms. The Kier molecular flexibility index (Phi) is 4.79. The van der Waals surface area contributed by atoms with E-state index in [0.29, 0.717) is 12.1 Å². The van der Waals surface area contributed by atoms with Gasteiger partial charge >= 0.3 is 0 Å². The van der Waals surface area contributed by atoms with Crippen LogP contribution in [0.3, 0.4) is 0 Å². The third-order valence-electron chi connectivity index (χ3n) is 3.51. The first-order valence-corrected chi connectivity index (χ1v) is 6.72. The number of hydrogen-bond donors (Lipinski definition) is 2. The second-order valence-corrected chi connectivity index (χ2v) is 5.02. The molecular weight excluding hydrogens is 261 g/mol. The number of nitrogens with zero attached hydrogens (tertiary/aromatic N) is 2. The summed E-state index contributed by atoms with van der Waals surface area (Å²) in [6.07, 6.45) is 3.45. The Morgan fingerprint density at radius 2 is 2.35 bits per heavy atom. The van der Waals surface area contributed by atoms with E-state index in [0.717, 1.165) is 31.6 Å². The van der Waals surface area contributed by atoms with Crippen molar-refractivity contribution in [1.82, 2.24) is 0 Å². The van der Waals surface area contributed by atoms with Crippen LogP contribution in [-0.2, 0) is 4.74 Å². The monoisotopic (exact) mass is 281 g/mol. The Bertz CT molecular complexity index is 487. The topological polar surface area (TPSA) is 71.1 Å². The standard InChI is InChI=1S/C14H20FN3O2/c1-18(9-11-4-2-3-7-20-11)13-6-5-10(15)8-12(13)14(16)17-19/h5-6,8,11,19H,2-4,7,9H2,1H3,(H2,16,17). The summed E-state index contributed by atoms with van der Waals surface area (Å²) in [6, 6.07) is 4.26. The Morgan fingerprint density at radius 1 is 1.55 bits per heavy atom. The minimum absolute atomic E-state index is 0.101. The number of amidine groups is 1. The van der Waals surface area contributed by atoms with E-state index in [9.17, 15) is 4.39 Å². The SMILES string of the molecule is CN(CC1CCCCO1)c1ccc(F)cc1C(N)=NO. The summed E-state index contributed by atoms with van der Waals surface area (Å²) in [7, 11) is 1.89. The van der Waals surface area contributed by atoms with E-state index >= 15 is 0 Å². The van der Waals surface area contributed by atoms with Gasteiger partial charge in [0.2, 0.25) is 0 Å². The van der Waals surface area contributed by atoms with E-state index in [2.05, 4.69) is 5.16 Å². The lowest BCUT2D eigenvalue weighted by Gasteiger charge is -2.29. The fourth-order valence-corrected chi connectivity index (χ4v) is 2.46. The van der Waals surface area contributed by atoms with E-state index in [1.807, 2.05) is 11.9 Å². The fraction of sp³-hybridized carbons (Fsp3) is 0.500. The average molecular weight is 281 g/mol. The molecule has 1 fully saturated rings.